The molecule has 62 valence electrons. The fraction of sp³-hybridized carbons (Fsp3) is 0.200. The van der Waals surface area contributed by atoms with Gasteiger partial charge in [-0.2, -0.15) is 0 Å². The van der Waals surface area contributed by atoms with Gasteiger partial charge in [-0.1, -0.05) is 12.2 Å². The second kappa shape index (κ2) is 4.44. The van der Waals surface area contributed by atoms with Crippen LogP contribution in [0.15, 0.2) is 36.7 Å². The van der Waals surface area contributed by atoms with Gasteiger partial charge in [-0.3, -0.25) is 9.78 Å². The van der Waals surface area contributed by atoms with Gasteiger partial charge in [0.2, 0.25) is 0 Å². The lowest BCUT2D eigenvalue weighted by Gasteiger charge is -1.94. The van der Waals surface area contributed by atoms with Crippen LogP contribution in [0, 0.1) is 0 Å². The van der Waals surface area contributed by atoms with Gasteiger partial charge in [0.15, 0.2) is 5.78 Å². The zero-order valence-electron chi connectivity index (χ0n) is 7.03. The van der Waals surface area contributed by atoms with Crippen molar-refractivity contribution in [3.63, 3.8) is 0 Å². The summed E-state index contributed by atoms with van der Waals surface area (Å²) >= 11 is 0. The Morgan fingerprint density at radius 3 is 2.75 bits per heavy atom. The monoisotopic (exact) mass is 161 g/mol. The molecule has 2 heteroatoms. The van der Waals surface area contributed by atoms with E-state index in [2.05, 4.69) is 4.98 Å². The minimum atomic E-state index is 0.135. The number of carbonyl (C=O) groups is 1. The number of hydrogen-bond acceptors (Lipinski definition) is 2. The van der Waals surface area contributed by atoms with Crippen LogP contribution in [0.2, 0.25) is 0 Å². The Hall–Kier alpha value is -1.44. The fourth-order valence-electron chi connectivity index (χ4n) is 0.881. The van der Waals surface area contributed by atoms with Crippen LogP contribution in [0.3, 0.4) is 0 Å². The molecule has 0 saturated heterocycles. The third kappa shape index (κ3) is 2.31. The smallest absolute Gasteiger partial charge is 0.166 e. The van der Waals surface area contributed by atoms with Crippen LogP contribution in [-0.4, -0.2) is 10.8 Å². The number of nitrogens with zero attached hydrogens (tertiary/aromatic N) is 1. The molecule has 1 aromatic heterocycles. The summed E-state index contributed by atoms with van der Waals surface area (Å²) in [6, 6.07) is 3.46. The van der Waals surface area contributed by atoms with Gasteiger partial charge < -0.3 is 0 Å². The van der Waals surface area contributed by atoms with Crippen LogP contribution < -0.4 is 0 Å². The van der Waals surface area contributed by atoms with Crippen molar-refractivity contribution in [1.29, 1.82) is 0 Å². The first kappa shape index (κ1) is 8.65. The van der Waals surface area contributed by atoms with Crippen molar-refractivity contribution in [2.45, 2.75) is 13.3 Å². The Labute approximate surface area is 71.9 Å². The predicted octanol–water partition coefficient (Wildman–Crippen LogP) is 2.23. The first-order valence-electron chi connectivity index (χ1n) is 3.89. The second-order valence-electron chi connectivity index (χ2n) is 2.43. The zero-order valence-corrected chi connectivity index (χ0v) is 7.03. The van der Waals surface area contributed by atoms with E-state index in [1.807, 2.05) is 19.1 Å². The number of pyridine rings is 1. The van der Waals surface area contributed by atoms with Crippen LogP contribution in [0.1, 0.15) is 23.7 Å². The fourth-order valence-corrected chi connectivity index (χ4v) is 0.881. The normalized spacial score (nSPS) is 10.4. The number of hydrogen-bond donors (Lipinski definition) is 0. The molecular weight excluding hydrogens is 150 g/mol. The zero-order chi connectivity index (χ0) is 8.81. The third-order valence-electron chi connectivity index (χ3n) is 1.54. The Morgan fingerprint density at radius 1 is 1.50 bits per heavy atom. The topological polar surface area (TPSA) is 30.0 Å². The Bertz CT molecular complexity index is 277. The summed E-state index contributed by atoms with van der Waals surface area (Å²) in [4.78, 5) is 15.2. The summed E-state index contributed by atoms with van der Waals surface area (Å²) in [5.41, 5.74) is 0.725. The van der Waals surface area contributed by atoms with Gasteiger partial charge in [0, 0.05) is 24.4 Å². The van der Waals surface area contributed by atoms with Crippen LogP contribution in [0.5, 0.6) is 0 Å². The van der Waals surface area contributed by atoms with Crippen molar-refractivity contribution in [3.8, 4) is 0 Å². The molecule has 0 N–H and O–H groups in total. The van der Waals surface area contributed by atoms with E-state index in [0.29, 0.717) is 6.42 Å². The second-order valence-corrected chi connectivity index (χ2v) is 2.43. The van der Waals surface area contributed by atoms with E-state index < -0.39 is 0 Å². The lowest BCUT2D eigenvalue weighted by Crippen LogP contribution is -1.96. The van der Waals surface area contributed by atoms with E-state index in [9.17, 15) is 4.79 Å². The molecule has 0 aliphatic heterocycles. The minimum Gasteiger partial charge on any atom is -0.294 e. The van der Waals surface area contributed by atoms with Crippen LogP contribution in [-0.2, 0) is 0 Å². The van der Waals surface area contributed by atoms with Crippen LogP contribution in [0.25, 0.3) is 0 Å². The van der Waals surface area contributed by atoms with E-state index in [1.165, 1.54) is 0 Å². The van der Waals surface area contributed by atoms with E-state index in [0.717, 1.165) is 5.56 Å². The first-order chi connectivity index (χ1) is 5.84. The molecule has 2 nitrogen and oxygen atoms in total. The van der Waals surface area contributed by atoms with Gasteiger partial charge in [-0.05, 0) is 19.1 Å². The molecule has 0 spiro atoms. The summed E-state index contributed by atoms with van der Waals surface area (Å²) < 4.78 is 0. The molecule has 1 rings (SSSR count). The SMILES string of the molecule is C/C=C/CC(=O)c1ccncc1. The standard InChI is InChI=1S/C10H11NO/c1-2-3-4-10(12)9-5-7-11-8-6-9/h2-3,5-8H,4H2,1H3/b3-2+. The number of rotatable bonds is 3. The molecule has 0 atom stereocenters. The molecule has 0 amide bonds. The first-order valence-corrected chi connectivity index (χ1v) is 3.89. The number of Topliss-reactive ketones (excluding diaryl/α,β-unsaturated/α-hetero) is 1. The molecule has 0 aromatic carbocycles. The van der Waals surface area contributed by atoms with Crippen LogP contribution in [0.4, 0.5) is 0 Å². The molecule has 0 bridgehead atoms. The van der Waals surface area contributed by atoms with Gasteiger partial charge >= 0.3 is 0 Å². The molecule has 0 radical (unpaired) electrons. The van der Waals surface area contributed by atoms with Crippen molar-refractivity contribution in [2.75, 3.05) is 0 Å². The summed E-state index contributed by atoms with van der Waals surface area (Å²) in [6.45, 7) is 1.90. The van der Waals surface area contributed by atoms with E-state index >= 15 is 0 Å². The molecule has 1 heterocycles. The number of carbonyl (C=O) groups excluding carboxylic acids is 1. The third-order valence-corrected chi connectivity index (χ3v) is 1.54. The Kier molecular flexibility index (Phi) is 3.20. The number of ketones is 1. The quantitative estimate of drug-likeness (QED) is 0.502. The summed E-state index contributed by atoms with van der Waals surface area (Å²) in [7, 11) is 0. The molecule has 0 fully saturated rings. The van der Waals surface area contributed by atoms with Gasteiger partial charge in [0.05, 0.1) is 0 Å². The molecular formula is C10H11NO. The molecule has 1 aromatic rings. The highest BCUT2D eigenvalue weighted by molar-refractivity contribution is 5.96. The van der Waals surface area contributed by atoms with E-state index in [1.54, 1.807) is 24.5 Å². The average molecular weight is 161 g/mol. The minimum absolute atomic E-state index is 0.135. The average Bonchev–Trinajstić information content (AvgIpc) is 2.15. The lowest BCUT2D eigenvalue weighted by atomic mass is 10.1. The molecule has 0 saturated carbocycles. The summed E-state index contributed by atoms with van der Waals surface area (Å²) in [5.74, 6) is 0.135. The molecule has 0 aliphatic carbocycles. The molecule has 0 aliphatic rings. The van der Waals surface area contributed by atoms with Crippen LogP contribution >= 0.6 is 0 Å². The Morgan fingerprint density at radius 2 is 2.17 bits per heavy atom. The summed E-state index contributed by atoms with van der Waals surface area (Å²) in [5, 5.41) is 0. The molecule has 12 heavy (non-hydrogen) atoms. The maximum absolute atomic E-state index is 11.3. The maximum atomic E-state index is 11.3. The number of aromatic nitrogens is 1. The van der Waals surface area contributed by atoms with Gasteiger partial charge in [0.1, 0.15) is 0 Å². The number of allylic oxidation sites excluding steroid dienone is 2. The van der Waals surface area contributed by atoms with Gasteiger partial charge in [-0.15, -0.1) is 0 Å². The predicted molar refractivity (Wildman–Crippen MR) is 48.0 cm³/mol. The largest absolute Gasteiger partial charge is 0.294 e. The molecule has 0 unspecified atom stereocenters. The maximum Gasteiger partial charge on any atom is 0.166 e. The highest BCUT2D eigenvalue weighted by Gasteiger charge is 2.00. The lowest BCUT2D eigenvalue weighted by molar-refractivity contribution is 0.0995. The van der Waals surface area contributed by atoms with Crippen molar-refractivity contribution < 1.29 is 4.79 Å². The van der Waals surface area contributed by atoms with Crippen molar-refractivity contribution >= 4 is 5.78 Å². The van der Waals surface area contributed by atoms with Gasteiger partial charge in [-0.25, -0.2) is 0 Å². The van der Waals surface area contributed by atoms with Crippen molar-refractivity contribution in [1.82, 2.24) is 4.98 Å². The highest BCUT2D eigenvalue weighted by atomic mass is 16.1. The van der Waals surface area contributed by atoms with Crippen molar-refractivity contribution in [2.24, 2.45) is 0 Å². The van der Waals surface area contributed by atoms with E-state index in [-0.39, 0.29) is 5.78 Å². The van der Waals surface area contributed by atoms with Gasteiger partial charge in [0.25, 0.3) is 0 Å². The van der Waals surface area contributed by atoms with Crippen molar-refractivity contribution in [3.05, 3.63) is 42.2 Å². The summed E-state index contributed by atoms with van der Waals surface area (Å²) in [6.07, 6.45) is 7.45. The van der Waals surface area contributed by atoms with E-state index in [4.69, 9.17) is 0 Å². The highest BCUT2D eigenvalue weighted by Crippen LogP contribution is 2.01. The Balaban J connectivity index is 2.66.